The lowest BCUT2D eigenvalue weighted by atomic mass is 10.6. The fraction of sp³-hybridized carbons (Fsp3) is 0. The number of hydrogen-bond acceptors (Lipinski definition) is 4. The van der Waals surface area contributed by atoms with Crippen molar-refractivity contribution in [3.8, 4) is 0 Å². The minimum absolute atomic E-state index is 0.442. The second-order valence-corrected chi connectivity index (χ2v) is 2.96. The van der Waals surface area contributed by atoms with E-state index in [0.29, 0.717) is 10.5 Å². The first-order valence-corrected chi connectivity index (χ1v) is 4.02. The van der Waals surface area contributed by atoms with E-state index < -0.39 is 0 Å². The van der Waals surface area contributed by atoms with E-state index >= 15 is 0 Å². The number of rotatable bonds is 0. The molecule has 0 aliphatic rings. The summed E-state index contributed by atoms with van der Waals surface area (Å²) in [5, 5.41) is 2.89. The van der Waals surface area contributed by atoms with Gasteiger partial charge in [0.05, 0.1) is 6.20 Å². The highest BCUT2D eigenvalue weighted by Crippen LogP contribution is 2.09. The van der Waals surface area contributed by atoms with Crippen LogP contribution >= 0.6 is 12.2 Å². The average molecular weight is 192 g/mol. The normalized spacial score (nSPS) is 11.4. The maximum atomic E-state index is 4.88. The summed E-state index contributed by atoms with van der Waals surface area (Å²) in [6, 6.07) is 0. The summed E-state index contributed by atoms with van der Waals surface area (Å²) >= 11 is 4.88. The van der Waals surface area contributed by atoms with Gasteiger partial charge in [0.15, 0.2) is 5.65 Å². The van der Waals surface area contributed by atoms with Crippen LogP contribution < -0.4 is 0 Å². The minimum atomic E-state index is 0.442. The van der Waals surface area contributed by atoms with Crippen LogP contribution in [-0.2, 0) is 0 Å². The third kappa shape index (κ3) is 0.813. The van der Waals surface area contributed by atoms with E-state index in [9.17, 15) is 0 Å². The third-order valence-electron chi connectivity index (χ3n) is 1.79. The molecule has 3 rings (SSSR count). The molecule has 3 heterocycles. The van der Waals surface area contributed by atoms with Crippen molar-refractivity contribution in [3.05, 3.63) is 17.3 Å². The van der Waals surface area contributed by atoms with E-state index in [1.165, 1.54) is 6.33 Å². The van der Waals surface area contributed by atoms with E-state index in [-0.39, 0.29) is 0 Å². The van der Waals surface area contributed by atoms with Gasteiger partial charge in [-0.15, -0.1) is 0 Å². The number of aromatic nitrogens is 6. The Labute approximate surface area is 76.6 Å². The lowest BCUT2D eigenvalue weighted by Crippen LogP contribution is -1.84. The topological polar surface area (TPSA) is 74.7 Å². The van der Waals surface area contributed by atoms with Gasteiger partial charge in [-0.25, -0.2) is 14.5 Å². The van der Waals surface area contributed by atoms with Crippen molar-refractivity contribution in [2.24, 2.45) is 0 Å². The maximum absolute atomic E-state index is 4.88. The molecule has 64 valence electrons. The van der Waals surface area contributed by atoms with E-state index in [4.69, 9.17) is 12.2 Å². The summed E-state index contributed by atoms with van der Waals surface area (Å²) in [6.07, 6.45) is 3.17. The highest BCUT2D eigenvalue weighted by atomic mass is 32.1. The molecule has 13 heavy (non-hydrogen) atoms. The van der Waals surface area contributed by atoms with Crippen molar-refractivity contribution < 1.29 is 0 Å². The molecule has 0 bridgehead atoms. The van der Waals surface area contributed by atoms with Gasteiger partial charge in [-0.1, -0.05) is 0 Å². The van der Waals surface area contributed by atoms with E-state index in [1.54, 1.807) is 10.7 Å². The molecular formula is C6H4N6S. The van der Waals surface area contributed by atoms with Crippen molar-refractivity contribution in [1.29, 1.82) is 0 Å². The quantitative estimate of drug-likeness (QED) is 0.513. The van der Waals surface area contributed by atoms with Crippen LogP contribution in [0.5, 0.6) is 0 Å². The Kier molecular flexibility index (Phi) is 1.10. The predicted molar refractivity (Wildman–Crippen MR) is 47.8 cm³/mol. The summed E-state index contributed by atoms with van der Waals surface area (Å²) in [4.78, 5) is 15.0. The highest BCUT2D eigenvalue weighted by Gasteiger charge is 2.04. The minimum Gasteiger partial charge on any atom is -0.307 e. The van der Waals surface area contributed by atoms with Gasteiger partial charge < -0.3 is 4.98 Å². The first-order chi connectivity index (χ1) is 6.34. The van der Waals surface area contributed by atoms with Gasteiger partial charge in [0.25, 0.3) is 0 Å². The highest BCUT2D eigenvalue weighted by molar-refractivity contribution is 7.71. The average Bonchev–Trinajstić information content (AvgIpc) is 2.60. The van der Waals surface area contributed by atoms with Crippen LogP contribution in [0.25, 0.3) is 16.9 Å². The van der Waals surface area contributed by atoms with Crippen LogP contribution in [0.4, 0.5) is 0 Å². The number of nitrogens with zero attached hydrogens (tertiary/aromatic N) is 4. The van der Waals surface area contributed by atoms with Crippen molar-refractivity contribution >= 4 is 29.2 Å². The SMILES string of the molecule is S=c1nc2[nH]c3ncncc3n2[nH]1. The summed E-state index contributed by atoms with van der Waals surface area (Å²) in [5.41, 5.74) is 1.57. The lowest BCUT2D eigenvalue weighted by molar-refractivity contribution is 0.991. The molecule has 0 fully saturated rings. The van der Waals surface area contributed by atoms with Crippen molar-refractivity contribution in [2.75, 3.05) is 0 Å². The lowest BCUT2D eigenvalue weighted by Gasteiger charge is -1.85. The molecule has 0 saturated carbocycles. The van der Waals surface area contributed by atoms with Gasteiger partial charge in [-0.3, -0.25) is 5.10 Å². The van der Waals surface area contributed by atoms with Crippen LogP contribution in [0.15, 0.2) is 12.5 Å². The molecule has 0 unspecified atom stereocenters. The molecule has 2 N–H and O–H groups in total. The summed E-state index contributed by atoms with van der Waals surface area (Å²) in [7, 11) is 0. The van der Waals surface area contributed by atoms with Gasteiger partial charge in [-0.05, 0) is 12.2 Å². The number of nitrogens with one attached hydrogen (secondary N) is 2. The molecule has 6 nitrogen and oxygen atoms in total. The van der Waals surface area contributed by atoms with Gasteiger partial charge in [0.2, 0.25) is 10.5 Å². The molecule has 3 aromatic heterocycles. The molecule has 0 aliphatic heterocycles. The Bertz CT molecular complexity index is 631. The number of H-pyrrole nitrogens is 2. The Morgan fingerprint density at radius 2 is 2.38 bits per heavy atom. The number of fused-ring (bicyclic) bond motifs is 3. The van der Waals surface area contributed by atoms with Gasteiger partial charge in [0, 0.05) is 0 Å². The van der Waals surface area contributed by atoms with Gasteiger partial charge in [-0.2, -0.15) is 4.98 Å². The van der Waals surface area contributed by atoms with Crippen molar-refractivity contribution in [1.82, 2.24) is 29.5 Å². The van der Waals surface area contributed by atoms with Crippen LogP contribution in [0.3, 0.4) is 0 Å². The Morgan fingerprint density at radius 1 is 1.46 bits per heavy atom. The maximum Gasteiger partial charge on any atom is 0.231 e. The zero-order chi connectivity index (χ0) is 8.84. The first kappa shape index (κ1) is 6.72. The zero-order valence-electron chi connectivity index (χ0n) is 6.35. The molecule has 3 aromatic rings. The van der Waals surface area contributed by atoms with E-state index in [2.05, 4.69) is 25.0 Å². The number of aromatic amines is 2. The van der Waals surface area contributed by atoms with Crippen molar-refractivity contribution in [2.45, 2.75) is 0 Å². The summed E-state index contributed by atoms with van der Waals surface area (Å²) in [5.74, 6) is 0.653. The fourth-order valence-corrected chi connectivity index (χ4v) is 1.44. The zero-order valence-corrected chi connectivity index (χ0v) is 7.17. The van der Waals surface area contributed by atoms with E-state index in [1.807, 2.05) is 0 Å². The standard InChI is InChI=1S/C6H4N6S/c13-6-10-5-9-4-3(12(5)11-6)1-7-2-8-4/h1-2H,(H2,7,8,9,10,11,13). The molecular weight excluding hydrogens is 188 g/mol. The molecule has 7 heteroatoms. The van der Waals surface area contributed by atoms with Crippen molar-refractivity contribution in [3.63, 3.8) is 0 Å². The molecule has 0 aliphatic carbocycles. The Morgan fingerprint density at radius 3 is 3.31 bits per heavy atom. The molecule has 0 spiro atoms. The third-order valence-corrected chi connectivity index (χ3v) is 1.97. The Hall–Kier alpha value is -1.76. The second-order valence-electron chi connectivity index (χ2n) is 2.57. The molecule has 0 saturated heterocycles. The largest absolute Gasteiger partial charge is 0.307 e. The number of imidazole rings is 1. The van der Waals surface area contributed by atoms with Crippen LogP contribution in [0.1, 0.15) is 0 Å². The van der Waals surface area contributed by atoms with E-state index in [0.717, 1.165) is 11.2 Å². The van der Waals surface area contributed by atoms with Crippen LogP contribution in [0.2, 0.25) is 0 Å². The monoisotopic (exact) mass is 192 g/mol. The Balaban J connectivity index is 2.67. The van der Waals surface area contributed by atoms with Gasteiger partial charge in [0.1, 0.15) is 11.8 Å². The predicted octanol–water partition coefficient (Wildman–Crippen LogP) is 0.663. The molecule has 0 atom stereocenters. The summed E-state index contributed by atoms with van der Waals surface area (Å²) in [6.45, 7) is 0. The number of hydrogen-bond donors (Lipinski definition) is 2. The molecule has 0 aromatic carbocycles. The van der Waals surface area contributed by atoms with Gasteiger partial charge >= 0.3 is 0 Å². The summed E-state index contributed by atoms with van der Waals surface area (Å²) < 4.78 is 2.16. The molecule has 0 amide bonds. The fourth-order valence-electron chi connectivity index (χ4n) is 1.27. The first-order valence-electron chi connectivity index (χ1n) is 3.61. The second kappa shape index (κ2) is 2.13. The smallest absolute Gasteiger partial charge is 0.231 e. The van der Waals surface area contributed by atoms with Crippen LogP contribution in [-0.4, -0.2) is 29.5 Å². The molecule has 0 radical (unpaired) electrons. The van der Waals surface area contributed by atoms with Crippen LogP contribution in [0, 0.1) is 4.77 Å².